The second kappa shape index (κ2) is 5.84. The molecule has 2 aromatic rings. The van der Waals surface area contributed by atoms with E-state index in [1.165, 1.54) is 6.20 Å². The Bertz CT molecular complexity index is 599. The average Bonchev–Trinajstić information content (AvgIpc) is 2.42. The molecule has 0 saturated carbocycles. The largest absolute Gasteiger partial charge is 0.618 e. The highest BCUT2D eigenvalue weighted by atomic mass is 79.9. The van der Waals surface area contributed by atoms with Crippen molar-refractivity contribution in [2.75, 3.05) is 0 Å². The fourth-order valence-corrected chi connectivity index (χ4v) is 2.23. The van der Waals surface area contributed by atoms with E-state index in [9.17, 15) is 10.0 Å². The first-order chi connectivity index (χ1) is 9.09. The maximum absolute atomic E-state index is 12.0. The summed E-state index contributed by atoms with van der Waals surface area (Å²) in [5, 5.41) is 11.4. The van der Waals surface area contributed by atoms with Gasteiger partial charge < -0.3 is 9.94 Å². The minimum atomic E-state index is -0.515. The van der Waals surface area contributed by atoms with Crippen molar-refractivity contribution in [1.29, 1.82) is 0 Å². The van der Waals surface area contributed by atoms with Gasteiger partial charge in [-0.25, -0.2) is 4.79 Å². The molecule has 1 aromatic heterocycles. The van der Waals surface area contributed by atoms with Crippen molar-refractivity contribution in [3.05, 3.63) is 69.1 Å². The Labute approximate surface area is 119 Å². The van der Waals surface area contributed by atoms with E-state index in [1.807, 2.05) is 30.3 Å². The number of aromatic nitrogens is 1. The average molecular weight is 322 g/mol. The van der Waals surface area contributed by atoms with Crippen LogP contribution in [-0.2, 0) is 11.3 Å². The monoisotopic (exact) mass is 321 g/mol. The number of carbonyl (C=O) groups is 1. The second-order valence-electron chi connectivity index (χ2n) is 4.05. The van der Waals surface area contributed by atoms with Crippen LogP contribution in [0.25, 0.3) is 0 Å². The van der Waals surface area contributed by atoms with Crippen molar-refractivity contribution >= 4 is 21.9 Å². The molecular formula is C14H12BrNO3. The van der Waals surface area contributed by atoms with Crippen LogP contribution in [-0.4, -0.2) is 5.97 Å². The smallest absolute Gasteiger partial charge is 0.346 e. The Kier molecular flexibility index (Phi) is 4.16. The van der Waals surface area contributed by atoms with Crippen molar-refractivity contribution in [3.63, 3.8) is 0 Å². The number of pyridine rings is 1. The van der Waals surface area contributed by atoms with Crippen molar-refractivity contribution < 1.29 is 14.3 Å². The molecule has 0 bridgehead atoms. The van der Waals surface area contributed by atoms with Gasteiger partial charge in [-0.15, -0.1) is 0 Å². The van der Waals surface area contributed by atoms with E-state index in [0.717, 1.165) is 5.56 Å². The number of benzene rings is 1. The lowest BCUT2D eigenvalue weighted by Crippen LogP contribution is -2.30. The van der Waals surface area contributed by atoms with Gasteiger partial charge in [0.2, 0.25) is 0 Å². The molecule has 0 aliphatic rings. The Hall–Kier alpha value is -1.88. The minimum Gasteiger partial charge on any atom is -0.618 e. The molecule has 0 aliphatic carbocycles. The number of halogens is 1. The highest BCUT2D eigenvalue weighted by Crippen LogP contribution is 2.17. The van der Waals surface area contributed by atoms with Gasteiger partial charge in [0.1, 0.15) is 12.2 Å². The summed E-state index contributed by atoms with van der Waals surface area (Å²) in [7, 11) is 0. The molecule has 0 aliphatic heterocycles. The normalized spacial score (nSPS) is 10.2. The number of carbonyl (C=O) groups excluding carboxylic acids is 1. The molecule has 0 atom stereocenters. The van der Waals surface area contributed by atoms with Gasteiger partial charge >= 0.3 is 5.97 Å². The summed E-state index contributed by atoms with van der Waals surface area (Å²) in [5.74, 6) is -0.515. The summed E-state index contributed by atoms with van der Waals surface area (Å²) in [6.45, 7) is 1.93. The van der Waals surface area contributed by atoms with Gasteiger partial charge in [0.25, 0.3) is 4.60 Å². The predicted octanol–water partition coefficient (Wildman–Crippen LogP) is 2.75. The molecule has 0 saturated heterocycles. The zero-order valence-corrected chi connectivity index (χ0v) is 11.9. The van der Waals surface area contributed by atoms with E-state index in [-0.39, 0.29) is 16.8 Å². The standard InChI is InChI=1S/C14H12BrNO3/c1-10-7-8-16(18)13(15)12(10)14(17)19-9-11-5-3-2-4-6-11/h2-8H,9H2,1H3. The summed E-state index contributed by atoms with van der Waals surface area (Å²) in [6, 6.07) is 11.0. The van der Waals surface area contributed by atoms with Crippen LogP contribution in [0.2, 0.25) is 0 Å². The highest BCUT2D eigenvalue weighted by molar-refractivity contribution is 9.10. The van der Waals surface area contributed by atoms with E-state index in [2.05, 4.69) is 15.9 Å². The number of rotatable bonds is 3. The Balaban J connectivity index is 2.15. The molecule has 0 N–H and O–H groups in total. The van der Waals surface area contributed by atoms with Crippen LogP contribution in [0.5, 0.6) is 0 Å². The summed E-state index contributed by atoms with van der Waals surface area (Å²) in [4.78, 5) is 12.0. The first kappa shape index (κ1) is 13.5. The van der Waals surface area contributed by atoms with Crippen molar-refractivity contribution in [2.24, 2.45) is 0 Å². The predicted molar refractivity (Wildman–Crippen MR) is 73.4 cm³/mol. The lowest BCUT2D eigenvalue weighted by atomic mass is 10.1. The lowest BCUT2D eigenvalue weighted by Gasteiger charge is -2.08. The van der Waals surface area contributed by atoms with E-state index in [0.29, 0.717) is 10.3 Å². The maximum Gasteiger partial charge on any atom is 0.346 e. The van der Waals surface area contributed by atoms with E-state index in [4.69, 9.17) is 4.74 Å². The van der Waals surface area contributed by atoms with Gasteiger partial charge in [-0.1, -0.05) is 30.3 Å². The number of aryl methyl sites for hydroxylation is 1. The zero-order valence-electron chi connectivity index (χ0n) is 10.3. The van der Waals surface area contributed by atoms with Crippen LogP contribution in [0.1, 0.15) is 21.5 Å². The Morgan fingerprint density at radius 2 is 2.00 bits per heavy atom. The van der Waals surface area contributed by atoms with Gasteiger partial charge in [0, 0.05) is 22.0 Å². The summed E-state index contributed by atoms with van der Waals surface area (Å²) < 4.78 is 5.97. The molecule has 0 fully saturated rings. The second-order valence-corrected chi connectivity index (χ2v) is 4.80. The lowest BCUT2D eigenvalue weighted by molar-refractivity contribution is -0.617. The van der Waals surface area contributed by atoms with Crippen molar-refractivity contribution in [3.8, 4) is 0 Å². The summed E-state index contributed by atoms with van der Waals surface area (Å²) in [5.41, 5.74) is 1.85. The van der Waals surface area contributed by atoms with Crippen LogP contribution >= 0.6 is 15.9 Å². The number of nitrogens with zero attached hydrogens (tertiary/aromatic N) is 1. The molecule has 0 spiro atoms. The molecule has 5 heteroatoms. The molecule has 4 nitrogen and oxygen atoms in total. The van der Waals surface area contributed by atoms with Crippen LogP contribution < -0.4 is 4.73 Å². The van der Waals surface area contributed by atoms with Gasteiger partial charge in [-0.05, 0) is 18.1 Å². The van der Waals surface area contributed by atoms with Crippen molar-refractivity contribution in [1.82, 2.24) is 0 Å². The summed E-state index contributed by atoms with van der Waals surface area (Å²) in [6.07, 6.45) is 1.34. The molecule has 1 heterocycles. The third-order valence-corrected chi connectivity index (χ3v) is 3.42. The van der Waals surface area contributed by atoms with Crippen molar-refractivity contribution in [2.45, 2.75) is 13.5 Å². The molecule has 1 aromatic carbocycles. The summed E-state index contributed by atoms with van der Waals surface area (Å²) >= 11 is 3.11. The van der Waals surface area contributed by atoms with Gasteiger partial charge in [0.05, 0.1) is 0 Å². The maximum atomic E-state index is 12.0. The van der Waals surface area contributed by atoms with Gasteiger partial charge in [-0.3, -0.25) is 0 Å². The fourth-order valence-electron chi connectivity index (χ4n) is 1.64. The number of ether oxygens (including phenoxy) is 1. The molecule has 0 unspecified atom stereocenters. The van der Waals surface area contributed by atoms with E-state index < -0.39 is 5.97 Å². The van der Waals surface area contributed by atoms with Gasteiger partial charge in [0.15, 0.2) is 6.20 Å². The number of hydrogen-bond acceptors (Lipinski definition) is 3. The van der Waals surface area contributed by atoms with Gasteiger partial charge in [-0.2, -0.15) is 4.73 Å². The van der Waals surface area contributed by atoms with Crippen LogP contribution in [0.3, 0.4) is 0 Å². The minimum absolute atomic E-state index is 0.172. The molecule has 0 radical (unpaired) electrons. The topological polar surface area (TPSA) is 53.2 Å². The Morgan fingerprint density at radius 1 is 1.32 bits per heavy atom. The molecule has 2 rings (SSSR count). The zero-order chi connectivity index (χ0) is 13.8. The van der Waals surface area contributed by atoms with Crippen LogP contribution in [0.4, 0.5) is 0 Å². The number of esters is 1. The van der Waals surface area contributed by atoms with Crippen LogP contribution in [0.15, 0.2) is 47.2 Å². The van der Waals surface area contributed by atoms with E-state index >= 15 is 0 Å². The number of hydrogen-bond donors (Lipinski definition) is 0. The first-order valence-corrected chi connectivity index (χ1v) is 6.48. The molecule has 98 valence electrons. The SMILES string of the molecule is Cc1cc[n+]([O-])c(Br)c1C(=O)OCc1ccccc1. The quantitative estimate of drug-likeness (QED) is 0.378. The highest BCUT2D eigenvalue weighted by Gasteiger charge is 2.21. The third kappa shape index (κ3) is 3.12. The molecule has 19 heavy (non-hydrogen) atoms. The molecule has 0 amide bonds. The Morgan fingerprint density at radius 3 is 2.68 bits per heavy atom. The van der Waals surface area contributed by atoms with E-state index in [1.54, 1.807) is 13.0 Å². The third-order valence-electron chi connectivity index (χ3n) is 2.67. The molecular weight excluding hydrogens is 310 g/mol. The fraction of sp³-hybridized carbons (Fsp3) is 0.143. The van der Waals surface area contributed by atoms with Crippen LogP contribution in [0, 0.1) is 12.1 Å². The first-order valence-electron chi connectivity index (χ1n) is 5.69.